The van der Waals surface area contributed by atoms with Gasteiger partial charge in [-0.15, -0.1) is 0 Å². The quantitative estimate of drug-likeness (QED) is 0.769. The van der Waals surface area contributed by atoms with Crippen molar-refractivity contribution in [3.05, 3.63) is 34.3 Å². The number of rotatable bonds is 1. The second-order valence-electron chi connectivity index (χ2n) is 4.07. The molecule has 1 aromatic rings. The van der Waals surface area contributed by atoms with Gasteiger partial charge in [0.2, 0.25) is 0 Å². The zero-order valence-corrected chi connectivity index (χ0v) is 8.16. The fourth-order valence-electron chi connectivity index (χ4n) is 2.73. The summed E-state index contributed by atoms with van der Waals surface area (Å²) < 4.78 is 0. The molecule has 0 spiro atoms. The molecule has 3 atom stereocenters. The van der Waals surface area contributed by atoms with Gasteiger partial charge in [0.1, 0.15) is 0 Å². The molecule has 0 radical (unpaired) electrons. The summed E-state index contributed by atoms with van der Waals surface area (Å²) >= 11 is 6.04. The van der Waals surface area contributed by atoms with Crippen molar-refractivity contribution in [1.82, 2.24) is 0 Å². The molecule has 0 heterocycles. The van der Waals surface area contributed by atoms with Crippen molar-refractivity contribution < 1.29 is 9.90 Å². The van der Waals surface area contributed by atoms with Crippen molar-refractivity contribution in [3.8, 4) is 0 Å². The summed E-state index contributed by atoms with van der Waals surface area (Å²) in [5.41, 5.74) is 2.33. The van der Waals surface area contributed by atoms with E-state index in [1.807, 2.05) is 18.2 Å². The summed E-state index contributed by atoms with van der Waals surface area (Å²) in [4.78, 5) is 10.8. The van der Waals surface area contributed by atoms with Gasteiger partial charge in [0.15, 0.2) is 0 Å². The zero-order chi connectivity index (χ0) is 9.87. The van der Waals surface area contributed by atoms with E-state index in [1.165, 1.54) is 5.56 Å². The van der Waals surface area contributed by atoms with Crippen molar-refractivity contribution in [1.29, 1.82) is 0 Å². The molecule has 14 heavy (non-hydrogen) atoms. The van der Waals surface area contributed by atoms with E-state index >= 15 is 0 Å². The van der Waals surface area contributed by atoms with Crippen LogP contribution in [0.25, 0.3) is 0 Å². The summed E-state index contributed by atoms with van der Waals surface area (Å²) in [7, 11) is 0. The van der Waals surface area contributed by atoms with E-state index in [1.54, 1.807) is 0 Å². The number of benzene rings is 1. The number of carbonyl (C=O) groups is 1. The molecular weight excluding hydrogens is 200 g/mol. The van der Waals surface area contributed by atoms with Crippen molar-refractivity contribution in [2.45, 2.75) is 12.3 Å². The number of halogens is 1. The standard InChI is InChI=1S/C11H9ClO2/c12-8-3-1-2-5-6(8)4-7-9(5)10(7)11(13)14/h1-3,7,9-10H,4H2,(H,13,14)/t7-,9+,10+/m0/s1. The Morgan fingerprint density at radius 3 is 3.00 bits per heavy atom. The summed E-state index contributed by atoms with van der Waals surface area (Å²) in [5, 5.41) is 9.71. The zero-order valence-electron chi connectivity index (χ0n) is 7.40. The molecule has 0 bridgehead atoms. The predicted molar refractivity (Wildman–Crippen MR) is 52.5 cm³/mol. The van der Waals surface area contributed by atoms with Crippen LogP contribution in [0.3, 0.4) is 0 Å². The van der Waals surface area contributed by atoms with Gasteiger partial charge in [-0.25, -0.2) is 0 Å². The van der Waals surface area contributed by atoms with E-state index in [4.69, 9.17) is 16.7 Å². The summed E-state index contributed by atoms with van der Waals surface area (Å²) in [6, 6.07) is 5.79. The lowest BCUT2D eigenvalue weighted by Crippen LogP contribution is -2.05. The molecule has 1 N–H and O–H groups in total. The van der Waals surface area contributed by atoms with Crippen LogP contribution < -0.4 is 0 Å². The van der Waals surface area contributed by atoms with E-state index < -0.39 is 5.97 Å². The van der Waals surface area contributed by atoms with E-state index in [0.717, 1.165) is 17.0 Å². The number of carboxylic acid groups (broad SMARTS) is 1. The molecule has 0 amide bonds. The van der Waals surface area contributed by atoms with E-state index in [-0.39, 0.29) is 11.8 Å². The Hall–Kier alpha value is -1.02. The first-order valence-electron chi connectivity index (χ1n) is 4.70. The van der Waals surface area contributed by atoms with E-state index in [2.05, 4.69) is 0 Å². The van der Waals surface area contributed by atoms with Crippen LogP contribution in [-0.4, -0.2) is 11.1 Å². The third kappa shape index (κ3) is 0.894. The van der Waals surface area contributed by atoms with E-state index in [9.17, 15) is 4.79 Å². The first-order valence-corrected chi connectivity index (χ1v) is 5.08. The fraction of sp³-hybridized carbons (Fsp3) is 0.364. The molecule has 1 fully saturated rings. The Labute approximate surface area is 86.5 Å². The number of hydrogen-bond acceptors (Lipinski definition) is 1. The minimum Gasteiger partial charge on any atom is -0.481 e. The van der Waals surface area contributed by atoms with Crippen LogP contribution in [0.4, 0.5) is 0 Å². The topological polar surface area (TPSA) is 37.3 Å². The third-order valence-corrected chi connectivity index (χ3v) is 3.76. The molecular formula is C11H9ClO2. The van der Waals surface area contributed by atoms with Crippen molar-refractivity contribution >= 4 is 17.6 Å². The highest BCUT2D eigenvalue weighted by atomic mass is 35.5. The predicted octanol–water partition coefficient (Wildman–Crippen LogP) is 2.31. The largest absolute Gasteiger partial charge is 0.481 e. The van der Waals surface area contributed by atoms with E-state index in [0.29, 0.717) is 5.92 Å². The van der Waals surface area contributed by atoms with Crippen LogP contribution in [0.15, 0.2) is 18.2 Å². The second kappa shape index (κ2) is 2.51. The molecule has 0 aromatic heterocycles. The lowest BCUT2D eigenvalue weighted by molar-refractivity contribution is -0.139. The van der Waals surface area contributed by atoms with Gasteiger partial charge >= 0.3 is 5.97 Å². The third-order valence-electron chi connectivity index (χ3n) is 3.41. The molecule has 1 aromatic carbocycles. The highest BCUT2D eigenvalue weighted by Crippen LogP contribution is 2.62. The van der Waals surface area contributed by atoms with Gasteiger partial charge in [-0.1, -0.05) is 23.7 Å². The number of hydrogen-bond donors (Lipinski definition) is 1. The maximum atomic E-state index is 10.8. The summed E-state index contributed by atoms with van der Waals surface area (Å²) in [6.45, 7) is 0. The van der Waals surface area contributed by atoms with Crippen LogP contribution in [0.2, 0.25) is 5.02 Å². The number of aliphatic carboxylic acids is 1. The van der Waals surface area contributed by atoms with Crippen LogP contribution in [-0.2, 0) is 11.2 Å². The Kier molecular flexibility index (Phi) is 1.49. The van der Waals surface area contributed by atoms with Gasteiger partial charge in [-0.2, -0.15) is 0 Å². The van der Waals surface area contributed by atoms with Crippen LogP contribution in [0.1, 0.15) is 17.0 Å². The number of fused-ring (bicyclic) bond motifs is 3. The Morgan fingerprint density at radius 1 is 1.50 bits per heavy atom. The molecule has 1 saturated carbocycles. The van der Waals surface area contributed by atoms with Gasteiger partial charge in [0, 0.05) is 10.9 Å². The van der Waals surface area contributed by atoms with Gasteiger partial charge in [-0.05, 0) is 29.5 Å². The van der Waals surface area contributed by atoms with Gasteiger partial charge in [0.25, 0.3) is 0 Å². The molecule has 72 valence electrons. The molecule has 0 aliphatic heterocycles. The lowest BCUT2D eigenvalue weighted by atomic mass is 10.0. The summed E-state index contributed by atoms with van der Waals surface area (Å²) in [5.74, 6) is -0.268. The van der Waals surface area contributed by atoms with Gasteiger partial charge in [0.05, 0.1) is 5.92 Å². The van der Waals surface area contributed by atoms with Gasteiger partial charge < -0.3 is 5.11 Å². The molecule has 2 aliphatic carbocycles. The maximum Gasteiger partial charge on any atom is 0.307 e. The highest BCUT2D eigenvalue weighted by Gasteiger charge is 2.59. The maximum absolute atomic E-state index is 10.8. The van der Waals surface area contributed by atoms with Crippen LogP contribution >= 0.6 is 11.6 Å². The lowest BCUT2D eigenvalue weighted by Gasteiger charge is -2.06. The Morgan fingerprint density at radius 2 is 2.29 bits per heavy atom. The second-order valence-corrected chi connectivity index (χ2v) is 4.47. The average Bonchev–Trinajstić information content (AvgIpc) is 2.73. The first kappa shape index (κ1) is 8.30. The van der Waals surface area contributed by atoms with Crippen LogP contribution in [0.5, 0.6) is 0 Å². The monoisotopic (exact) mass is 208 g/mol. The normalized spacial score (nSPS) is 32.2. The molecule has 3 rings (SSSR count). The minimum atomic E-state index is -0.661. The van der Waals surface area contributed by atoms with Crippen molar-refractivity contribution in [3.63, 3.8) is 0 Å². The first-order chi connectivity index (χ1) is 6.70. The highest BCUT2D eigenvalue weighted by molar-refractivity contribution is 6.31. The SMILES string of the molecule is O=C(O)[C@@H]1[C@H]2Cc3c(Cl)cccc3[C@H]21. The Balaban J connectivity index is 2.03. The van der Waals surface area contributed by atoms with Gasteiger partial charge in [-0.3, -0.25) is 4.79 Å². The smallest absolute Gasteiger partial charge is 0.307 e. The molecule has 2 aliphatic rings. The van der Waals surface area contributed by atoms with Crippen molar-refractivity contribution in [2.75, 3.05) is 0 Å². The fourth-order valence-corrected chi connectivity index (χ4v) is 2.99. The molecule has 0 saturated heterocycles. The average molecular weight is 209 g/mol. The molecule has 2 nitrogen and oxygen atoms in total. The van der Waals surface area contributed by atoms with Crippen molar-refractivity contribution in [2.24, 2.45) is 11.8 Å². The number of carboxylic acids is 1. The Bertz CT molecular complexity index is 427. The molecule has 3 heteroatoms. The van der Waals surface area contributed by atoms with Crippen LogP contribution in [0, 0.1) is 11.8 Å². The summed E-state index contributed by atoms with van der Waals surface area (Å²) in [6.07, 6.45) is 0.844. The molecule has 0 unspecified atom stereocenters. The minimum absolute atomic E-state index is 0.152.